The number of amides is 1. The van der Waals surface area contributed by atoms with Crippen molar-refractivity contribution in [3.8, 4) is 5.13 Å². The van der Waals surface area contributed by atoms with E-state index in [4.69, 9.17) is 4.98 Å². The van der Waals surface area contributed by atoms with Crippen molar-refractivity contribution in [2.45, 2.75) is 57.1 Å². The maximum atomic E-state index is 12.9. The smallest absolute Gasteiger partial charge is 0.256 e. The third kappa shape index (κ3) is 4.89. The van der Waals surface area contributed by atoms with Gasteiger partial charge in [0, 0.05) is 21.8 Å². The van der Waals surface area contributed by atoms with Crippen LogP contribution in [0.15, 0.2) is 53.4 Å². The summed E-state index contributed by atoms with van der Waals surface area (Å²) in [5.74, 6) is 0.451. The van der Waals surface area contributed by atoms with Crippen LogP contribution in [-0.2, 0) is 5.41 Å². The lowest BCUT2D eigenvalue weighted by atomic mass is 9.87. The molecule has 0 saturated carbocycles. The van der Waals surface area contributed by atoms with Gasteiger partial charge in [0.25, 0.3) is 5.91 Å². The molecule has 0 radical (unpaired) electrons. The molecule has 0 spiro atoms. The van der Waals surface area contributed by atoms with Crippen molar-refractivity contribution >= 4 is 45.0 Å². The second kappa shape index (κ2) is 8.71. The van der Waals surface area contributed by atoms with Crippen molar-refractivity contribution in [2.75, 3.05) is 5.32 Å². The zero-order valence-electron chi connectivity index (χ0n) is 19.3. The first-order chi connectivity index (χ1) is 15.1. The number of carbonyl (C=O) groups is 1. The minimum atomic E-state index is -0.164. The minimum absolute atomic E-state index is 0.0724. The summed E-state index contributed by atoms with van der Waals surface area (Å²) in [5, 5.41) is 8.83. The van der Waals surface area contributed by atoms with Gasteiger partial charge in [0.1, 0.15) is 5.82 Å². The normalized spacial score (nSPS) is 12.0. The lowest BCUT2D eigenvalue weighted by Gasteiger charge is -2.18. The molecule has 2 heterocycles. The third-order valence-corrected chi connectivity index (χ3v) is 7.00. The van der Waals surface area contributed by atoms with Crippen molar-refractivity contribution in [3.63, 3.8) is 0 Å². The van der Waals surface area contributed by atoms with E-state index in [0.29, 0.717) is 16.6 Å². The third-order valence-electron chi connectivity index (χ3n) is 4.99. The highest BCUT2D eigenvalue weighted by molar-refractivity contribution is 7.99. The van der Waals surface area contributed by atoms with E-state index in [0.717, 1.165) is 25.9 Å². The fraction of sp³-hybridized carbons (Fsp3) is 0.320. The number of fused-ring (bicyclic) bond motifs is 1. The number of aryl methyl sites for hydroxylation is 1. The molecule has 0 fully saturated rings. The Bertz CT molecular complexity index is 1260. The number of benzene rings is 2. The molecule has 32 heavy (non-hydrogen) atoms. The number of nitrogens with zero attached hydrogens (tertiary/aromatic N) is 3. The van der Waals surface area contributed by atoms with Gasteiger partial charge in [0.15, 0.2) is 0 Å². The summed E-state index contributed by atoms with van der Waals surface area (Å²) in [7, 11) is 0. The Labute approximate surface area is 197 Å². The summed E-state index contributed by atoms with van der Waals surface area (Å²) in [6, 6.07) is 15.9. The first-order valence-electron chi connectivity index (χ1n) is 10.7. The Kier molecular flexibility index (Phi) is 6.14. The minimum Gasteiger partial charge on any atom is -0.306 e. The van der Waals surface area contributed by atoms with Gasteiger partial charge in [-0.1, -0.05) is 52.0 Å². The summed E-state index contributed by atoms with van der Waals surface area (Å²) < 4.78 is 2.83. The molecule has 1 N–H and O–H groups in total. The van der Waals surface area contributed by atoms with Crippen LogP contribution in [0.4, 0.5) is 5.82 Å². The molecule has 0 aliphatic heterocycles. The summed E-state index contributed by atoms with van der Waals surface area (Å²) in [6.07, 6.45) is 0. The van der Waals surface area contributed by atoms with Crippen LogP contribution in [0.3, 0.4) is 0 Å². The summed E-state index contributed by atoms with van der Waals surface area (Å²) in [5.41, 5.74) is 3.70. The van der Waals surface area contributed by atoms with E-state index in [1.54, 1.807) is 27.8 Å². The maximum Gasteiger partial charge on any atom is 0.256 e. The number of aromatic nitrogens is 3. The molecular formula is C25H28N4OS2. The van der Waals surface area contributed by atoms with E-state index in [9.17, 15) is 4.79 Å². The van der Waals surface area contributed by atoms with Gasteiger partial charge in [-0.3, -0.25) is 4.79 Å². The van der Waals surface area contributed by atoms with Gasteiger partial charge in [-0.15, -0.1) is 11.8 Å². The molecule has 0 saturated heterocycles. The van der Waals surface area contributed by atoms with E-state index in [2.05, 4.69) is 63.2 Å². The molecule has 2 aromatic heterocycles. The van der Waals surface area contributed by atoms with E-state index in [-0.39, 0.29) is 11.3 Å². The number of thioether (sulfide) groups is 1. The van der Waals surface area contributed by atoms with Gasteiger partial charge in [-0.05, 0) is 54.3 Å². The largest absolute Gasteiger partial charge is 0.306 e. The van der Waals surface area contributed by atoms with E-state index in [1.807, 2.05) is 37.3 Å². The molecule has 4 rings (SSSR count). The quantitative estimate of drug-likeness (QED) is 0.328. The van der Waals surface area contributed by atoms with Crippen LogP contribution in [0, 0.1) is 6.92 Å². The van der Waals surface area contributed by atoms with Gasteiger partial charge < -0.3 is 5.32 Å². The number of nitrogens with one attached hydrogen (secondary N) is 1. The monoisotopic (exact) mass is 464 g/mol. The zero-order valence-corrected chi connectivity index (χ0v) is 20.9. The van der Waals surface area contributed by atoms with Crippen LogP contribution in [-0.4, -0.2) is 25.9 Å². The summed E-state index contributed by atoms with van der Waals surface area (Å²) in [4.78, 5) is 18.8. The van der Waals surface area contributed by atoms with Crippen LogP contribution >= 0.6 is 23.1 Å². The van der Waals surface area contributed by atoms with Gasteiger partial charge in [-0.2, -0.15) is 9.78 Å². The Morgan fingerprint density at radius 2 is 1.81 bits per heavy atom. The highest BCUT2D eigenvalue weighted by atomic mass is 32.2. The number of thiazole rings is 1. The number of rotatable bonds is 5. The van der Waals surface area contributed by atoms with E-state index < -0.39 is 0 Å². The average Bonchev–Trinajstić information content (AvgIpc) is 3.29. The molecule has 5 nitrogen and oxygen atoms in total. The molecule has 4 aromatic rings. The van der Waals surface area contributed by atoms with Gasteiger partial charge in [-0.25, -0.2) is 4.98 Å². The first-order valence-corrected chi connectivity index (χ1v) is 12.4. The number of carbonyl (C=O) groups excluding carboxylic acids is 1. The Morgan fingerprint density at radius 1 is 1.09 bits per heavy atom. The predicted molar refractivity (Wildman–Crippen MR) is 136 cm³/mol. The molecule has 0 aliphatic carbocycles. The van der Waals surface area contributed by atoms with Crippen molar-refractivity contribution in [2.24, 2.45) is 0 Å². The van der Waals surface area contributed by atoms with Gasteiger partial charge in [0.05, 0.1) is 15.9 Å². The molecule has 2 aromatic carbocycles. The Balaban J connectivity index is 1.61. The predicted octanol–water partition coefficient (Wildman–Crippen LogP) is 6.84. The fourth-order valence-corrected chi connectivity index (χ4v) is 5.16. The topological polar surface area (TPSA) is 59.8 Å². The van der Waals surface area contributed by atoms with Crippen LogP contribution in [0.5, 0.6) is 0 Å². The van der Waals surface area contributed by atoms with Gasteiger partial charge in [0.2, 0.25) is 5.13 Å². The molecular weight excluding hydrogens is 436 g/mol. The lowest BCUT2D eigenvalue weighted by Crippen LogP contribution is -2.15. The highest BCUT2D eigenvalue weighted by Gasteiger charge is 2.18. The van der Waals surface area contributed by atoms with Gasteiger partial charge >= 0.3 is 0 Å². The fourth-order valence-electron chi connectivity index (χ4n) is 3.35. The second-order valence-corrected chi connectivity index (χ2v) is 11.8. The van der Waals surface area contributed by atoms with Crippen molar-refractivity contribution < 1.29 is 4.79 Å². The van der Waals surface area contributed by atoms with Crippen molar-refractivity contribution in [1.82, 2.24) is 14.8 Å². The Hall–Kier alpha value is -2.64. The molecule has 1 amide bonds. The molecule has 0 aliphatic rings. The molecule has 166 valence electrons. The first kappa shape index (κ1) is 22.6. The maximum absolute atomic E-state index is 12.9. The summed E-state index contributed by atoms with van der Waals surface area (Å²) in [6.45, 7) is 12.8. The number of anilines is 1. The molecule has 7 heteroatoms. The van der Waals surface area contributed by atoms with E-state index in [1.165, 1.54) is 5.56 Å². The average molecular weight is 465 g/mol. The number of hydrogen-bond donors (Lipinski definition) is 1. The number of hydrogen-bond acceptors (Lipinski definition) is 5. The van der Waals surface area contributed by atoms with Crippen LogP contribution < -0.4 is 5.32 Å². The van der Waals surface area contributed by atoms with Crippen molar-refractivity contribution in [3.05, 3.63) is 65.4 Å². The van der Waals surface area contributed by atoms with Crippen LogP contribution in [0.2, 0.25) is 0 Å². The molecule has 0 bridgehead atoms. The van der Waals surface area contributed by atoms with Crippen LogP contribution in [0.1, 0.15) is 56.2 Å². The summed E-state index contributed by atoms with van der Waals surface area (Å²) >= 11 is 3.35. The lowest BCUT2D eigenvalue weighted by molar-refractivity contribution is 0.102. The Morgan fingerprint density at radius 3 is 2.47 bits per heavy atom. The van der Waals surface area contributed by atoms with E-state index >= 15 is 0 Å². The standard InChI is InChI=1S/C25H28N4OS2/c1-15(2)31-19-10-7-17(8-11-19)23(30)27-22-13-16(3)28-29(22)24-26-20-12-9-18(25(4,5)6)14-21(20)32-24/h7-15H,1-6H3,(H,27,30). The molecule has 0 atom stereocenters. The highest BCUT2D eigenvalue weighted by Crippen LogP contribution is 2.32. The SMILES string of the molecule is Cc1cc(NC(=O)c2ccc(SC(C)C)cc2)n(-c2nc3ccc(C(C)(C)C)cc3s2)n1. The van der Waals surface area contributed by atoms with Crippen LogP contribution in [0.25, 0.3) is 15.3 Å². The molecule has 0 unspecified atom stereocenters. The second-order valence-electron chi connectivity index (χ2n) is 9.16. The van der Waals surface area contributed by atoms with Crippen molar-refractivity contribution in [1.29, 1.82) is 0 Å². The zero-order chi connectivity index (χ0) is 23.0.